The first-order valence-corrected chi connectivity index (χ1v) is 5.82. The molecule has 2 rings (SSSR count). The van der Waals surface area contributed by atoms with E-state index in [9.17, 15) is 4.79 Å². The minimum Gasteiger partial charge on any atom is -0.315 e. The molecule has 0 aliphatic carbocycles. The van der Waals surface area contributed by atoms with Gasteiger partial charge in [0.05, 0.1) is 0 Å². The lowest BCUT2D eigenvalue weighted by molar-refractivity contribution is -0.122. The average Bonchev–Trinajstić information content (AvgIpc) is 2.27. The molecule has 0 spiro atoms. The number of hydrogen-bond donors (Lipinski definition) is 0. The smallest absolute Gasteiger partial charge is 0.230 e. The highest BCUT2D eigenvalue weighted by molar-refractivity contribution is 5.98. The van der Waals surface area contributed by atoms with Gasteiger partial charge in [-0.05, 0) is 42.5 Å². The van der Waals surface area contributed by atoms with Crippen molar-refractivity contribution < 1.29 is 4.79 Å². The van der Waals surface area contributed by atoms with Crippen LogP contribution in [0, 0.1) is 19.8 Å². The number of benzene rings is 1. The number of carbonyl (C=O) groups excluding carboxylic acids is 1. The molecular formula is C14H19NO. The molecule has 0 saturated heterocycles. The van der Waals surface area contributed by atoms with Crippen molar-refractivity contribution in [3.8, 4) is 0 Å². The monoisotopic (exact) mass is 217 g/mol. The van der Waals surface area contributed by atoms with E-state index >= 15 is 0 Å². The van der Waals surface area contributed by atoms with Crippen molar-refractivity contribution in [1.82, 2.24) is 0 Å². The highest BCUT2D eigenvalue weighted by Crippen LogP contribution is 2.40. The number of fused-ring (bicyclic) bond motifs is 1. The van der Waals surface area contributed by atoms with Gasteiger partial charge in [0.1, 0.15) is 0 Å². The van der Waals surface area contributed by atoms with E-state index in [0.29, 0.717) is 5.92 Å². The van der Waals surface area contributed by atoms with Crippen LogP contribution in [0.15, 0.2) is 12.1 Å². The van der Waals surface area contributed by atoms with Crippen molar-refractivity contribution in [2.24, 2.45) is 5.92 Å². The Morgan fingerprint density at radius 1 is 1.12 bits per heavy atom. The maximum atomic E-state index is 12.0. The predicted octanol–water partition coefficient (Wildman–Crippen LogP) is 3.02. The first kappa shape index (κ1) is 11.2. The van der Waals surface area contributed by atoms with Crippen molar-refractivity contribution in [1.29, 1.82) is 0 Å². The van der Waals surface area contributed by atoms with Crippen LogP contribution < -0.4 is 4.90 Å². The molecule has 1 aromatic carbocycles. The summed E-state index contributed by atoms with van der Waals surface area (Å²) in [6, 6.07) is 4.17. The Labute approximate surface area is 97.3 Å². The van der Waals surface area contributed by atoms with Crippen molar-refractivity contribution in [2.45, 2.75) is 33.6 Å². The lowest BCUT2D eigenvalue weighted by Gasteiger charge is -2.36. The molecule has 86 valence electrons. The van der Waals surface area contributed by atoms with E-state index in [1.54, 1.807) is 4.90 Å². The standard InChI is InChI=1S/C14H19NO/c1-8-6-7-12-13(9(8)2)10(3)11(4)14(16)15(12)5/h6-7,10-11H,1-5H3. The molecule has 2 unspecified atom stereocenters. The first-order chi connectivity index (χ1) is 7.45. The normalized spacial score (nSPS) is 24.6. The van der Waals surface area contributed by atoms with E-state index < -0.39 is 0 Å². The van der Waals surface area contributed by atoms with E-state index in [1.807, 2.05) is 14.0 Å². The van der Waals surface area contributed by atoms with E-state index in [0.717, 1.165) is 5.69 Å². The van der Waals surface area contributed by atoms with Crippen LogP contribution >= 0.6 is 0 Å². The summed E-state index contributed by atoms with van der Waals surface area (Å²) in [4.78, 5) is 13.8. The molecule has 0 radical (unpaired) electrons. The van der Waals surface area contributed by atoms with Crippen molar-refractivity contribution in [3.05, 3.63) is 28.8 Å². The van der Waals surface area contributed by atoms with Crippen molar-refractivity contribution in [3.63, 3.8) is 0 Å². The zero-order valence-electron chi connectivity index (χ0n) is 10.7. The number of carbonyl (C=O) groups is 1. The Hall–Kier alpha value is -1.31. The number of nitrogens with zero attached hydrogens (tertiary/aromatic N) is 1. The van der Waals surface area contributed by atoms with Gasteiger partial charge < -0.3 is 4.90 Å². The zero-order valence-corrected chi connectivity index (χ0v) is 10.7. The van der Waals surface area contributed by atoms with Gasteiger partial charge in [-0.3, -0.25) is 4.79 Å². The van der Waals surface area contributed by atoms with Crippen LogP contribution in [0.2, 0.25) is 0 Å². The van der Waals surface area contributed by atoms with Gasteiger partial charge in [-0.2, -0.15) is 0 Å². The third-order valence-electron chi connectivity index (χ3n) is 4.05. The maximum absolute atomic E-state index is 12.0. The van der Waals surface area contributed by atoms with Gasteiger partial charge in [-0.1, -0.05) is 19.9 Å². The summed E-state index contributed by atoms with van der Waals surface area (Å²) >= 11 is 0. The van der Waals surface area contributed by atoms with Crippen LogP contribution in [0.5, 0.6) is 0 Å². The van der Waals surface area contributed by atoms with Gasteiger partial charge >= 0.3 is 0 Å². The molecule has 1 aliphatic heterocycles. The summed E-state index contributed by atoms with van der Waals surface area (Å²) in [5.74, 6) is 0.625. The molecule has 2 heteroatoms. The minimum atomic E-state index is 0.0815. The lowest BCUT2D eigenvalue weighted by atomic mass is 9.80. The van der Waals surface area contributed by atoms with Crippen LogP contribution in [-0.2, 0) is 4.79 Å². The molecule has 1 aromatic rings. The minimum absolute atomic E-state index is 0.0815. The second-order valence-electron chi connectivity index (χ2n) is 4.91. The Morgan fingerprint density at radius 2 is 1.75 bits per heavy atom. The number of anilines is 1. The van der Waals surface area contributed by atoms with Crippen molar-refractivity contribution >= 4 is 11.6 Å². The number of amides is 1. The number of rotatable bonds is 0. The Morgan fingerprint density at radius 3 is 2.38 bits per heavy atom. The number of hydrogen-bond acceptors (Lipinski definition) is 1. The fraction of sp³-hybridized carbons (Fsp3) is 0.500. The molecule has 2 atom stereocenters. The molecule has 1 heterocycles. The largest absolute Gasteiger partial charge is 0.315 e. The topological polar surface area (TPSA) is 20.3 Å². The summed E-state index contributed by atoms with van der Waals surface area (Å²) < 4.78 is 0. The molecule has 1 aliphatic rings. The van der Waals surface area contributed by atoms with Gasteiger partial charge in [0.25, 0.3) is 0 Å². The third-order valence-corrected chi connectivity index (χ3v) is 4.05. The first-order valence-electron chi connectivity index (χ1n) is 5.82. The molecule has 0 N–H and O–H groups in total. The van der Waals surface area contributed by atoms with Gasteiger partial charge in [-0.25, -0.2) is 0 Å². The molecule has 1 amide bonds. The van der Waals surface area contributed by atoms with Crippen LogP contribution in [0.1, 0.15) is 36.5 Å². The molecule has 0 fully saturated rings. The fourth-order valence-corrected chi connectivity index (χ4v) is 2.58. The summed E-state index contributed by atoms with van der Waals surface area (Å²) in [6.07, 6.45) is 0. The lowest BCUT2D eigenvalue weighted by Crippen LogP contribution is -2.39. The van der Waals surface area contributed by atoms with E-state index in [-0.39, 0.29) is 11.8 Å². The molecule has 16 heavy (non-hydrogen) atoms. The third kappa shape index (κ3) is 1.36. The zero-order chi connectivity index (χ0) is 12.0. The summed E-state index contributed by atoms with van der Waals surface area (Å²) in [5.41, 5.74) is 5.06. The molecule has 0 aromatic heterocycles. The highest BCUT2D eigenvalue weighted by atomic mass is 16.2. The van der Waals surface area contributed by atoms with E-state index in [4.69, 9.17) is 0 Å². The number of aryl methyl sites for hydroxylation is 1. The Balaban J connectivity index is 2.68. The van der Waals surface area contributed by atoms with Gasteiger partial charge in [-0.15, -0.1) is 0 Å². The van der Waals surface area contributed by atoms with Crippen LogP contribution in [0.25, 0.3) is 0 Å². The highest BCUT2D eigenvalue weighted by Gasteiger charge is 2.34. The van der Waals surface area contributed by atoms with Gasteiger partial charge in [0.15, 0.2) is 0 Å². The summed E-state index contributed by atoms with van der Waals surface area (Å²) in [5, 5.41) is 0. The molecular weight excluding hydrogens is 198 g/mol. The second kappa shape index (κ2) is 3.62. The Kier molecular flexibility index (Phi) is 2.53. The molecule has 2 nitrogen and oxygen atoms in total. The average molecular weight is 217 g/mol. The SMILES string of the molecule is Cc1ccc2c(c1C)C(C)C(C)C(=O)N2C. The Bertz CT molecular complexity index is 450. The quantitative estimate of drug-likeness (QED) is 0.654. The van der Waals surface area contributed by atoms with Crippen LogP contribution in [-0.4, -0.2) is 13.0 Å². The molecule has 0 bridgehead atoms. The van der Waals surface area contributed by atoms with Gasteiger partial charge in [0.2, 0.25) is 5.91 Å². The fourth-order valence-electron chi connectivity index (χ4n) is 2.58. The second-order valence-corrected chi connectivity index (χ2v) is 4.91. The van der Waals surface area contributed by atoms with Crippen molar-refractivity contribution in [2.75, 3.05) is 11.9 Å². The molecule has 0 saturated carbocycles. The van der Waals surface area contributed by atoms with Crippen LogP contribution in [0.4, 0.5) is 5.69 Å². The van der Waals surface area contributed by atoms with Gasteiger partial charge in [0, 0.05) is 18.7 Å². The summed E-state index contributed by atoms with van der Waals surface area (Å²) in [6.45, 7) is 8.46. The van der Waals surface area contributed by atoms with E-state index in [1.165, 1.54) is 16.7 Å². The van der Waals surface area contributed by atoms with Crippen LogP contribution in [0.3, 0.4) is 0 Å². The summed E-state index contributed by atoms with van der Waals surface area (Å²) in [7, 11) is 1.87. The maximum Gasteiger partial charge on any atom is 0.230 e. The van der Waals surface area contributed by atoms with E-state index in [2.05, 4.69) is 32.9 Å². The predicted molar refractivity (Wildman–Crippen MR) is 66.9 cm³/mol.